The van der Waals surface area contributed by atoms with Crippen LogP contribution in [0, 0.1) is 6.92 Å². The number of hydrogen-bond donors (Lipinski definition) is 1. The van der Waals surface area contributed by atoms with Gasteiger partial charge in [0.25, 0.3) is 5.91 Å². The molecular formula is C22H23N3OS. The summed E-state index contributed by atoms with van der Waals surface area (Å²) < 4.78 is 0. The normalized spacial score (nSPS) is 11.3. The molecule has 138 valence electrons. The number of nitrogens with zero attached hydrogens (tertiary/aromatic N) is 2. The van der Waals surface area contributed by atoms with Gasteiger partial charge in [-0.15, -0.1) is 0 Å². The molecule has 0 fully saturated rings. The van der Waals surface area contributed by atoms with Gasteiger partial charge in [-0.1, -0.05) is 32.9 Å². The average molecular weight is 378 g/mol. The topological polar surface area (TPSA) is 54.9 Å². The minimum absolute atomic E-state index is 0.0729. The molecule has 5 heteroatoms. The Morgan fingerprint density at radius 2 is 1.63 bits per heavy atom. The van der Waals surface area contributed by atoms with Crippen LogP contribution in [-0.4, -0.2) is 15.9 Å². The predicted molar refractivity (Wildman–Crippen MR) is 110 cm³/mol. The molecule has 0 atom stereocenters. The number of nitrogens with one attached hydrogen (secondary N) is 1. The molecule has 1 amide bonds. The number of aryl methyl sites for hydroxylation is 1. The molecule has 0 unspecified atom stereocenters. The Labute approximate surface area is 164 Å². The molecule has 4 nitrogen and oxygen atoms in total. The summed E-state index contributed by atoms with van der Waals surface area (Å²) in [6, 6.07) is 17.3. The first-order chi connectivity index (χ1) is 12.8. The van der Waals surface area contributed by atoms with Crippen LogP contribution in [0.2, 0.25) is 0 Å². The number of amides is 1. The maximum atomic E-state index is 12.5. The van der Waals surface area contributed by atoms with Crippen LogP contribution in [0.25, 0.3) is 0 Å². The van der Waals surface area contributed by atoms with E-state index in [0.29, 0.717) is 10.7 Å². The van der Waals surface area contributed by atoms with Crippen LogP contribution in [0.1, 0.15) is 42.4 Å². The summed E-state index contributed by atoms with van der Waals surface area (Å²) in [4.78, 5) is 22.1. The molecule has 0 saturated heterocycles. The van der Waals surface area contributed by atoms with Gasteiger partial charge >= 0.3 is 0 Å². The Kier molecular flexibility index (Phi) is 5.61. The van der Waals surface area contributed by atoms with Gasteiger partial charge in [0.15, 0.2) is 5.16 Å². The lowest BCUT2D eigenvalue weighted by Crippen LogP contribution is -2.14. The quantitative estimate of drug-likeness (QED) is 0.611. The van der Waals surface area contributed by atoms with E-state index in [9.17, 15) is 4.79 Å². The number of hydrogen-bond acceptors (Lipinski definition) is 4. The van der Waals surface area contributed by atoms with Gasteiger partial charge in [-0.3, -0.25) is 4.79 Å². The third-order valence-corrected chi connectivity index (χ3v) is 4.99. The number of benzene rings is 2. The Morgan fingerprint density at radius 3 is 2.22 bits per heavy atom. The van der Waals surface area contributed by atoms with Crippen LogP contribution in [0.3, 0.4) is 0 Å². The van der Waals surface area contributed by atoms with Crippen molar-refractivity contribution < 1.29 is 4.79 Å². The molecule has 0 spiro atoms. The summed E-state index contributed by atoms with van der Waals surface area (Å²) >= 11 is 1.49. The maximum Gasteiger partial charge on any atom is 0.255 e. The highest BCUT2D eigenvalue weighted by molar-refractivity contribution is 7.99. The Hall–Kier alpha value is -2.66. The molecular weight excluding hydrogens is 354 g/mol. The third kappa shape index (κ3) is 5.17. The lowest BCUT2D eigenvalue weighted by atomic mass is 9.87. The zero-order chi connectivity index (χ0) is 19.4. The van der Waals surface area contributed by atoms with Gasteiger partial charge in [-0.2, -0.15) is 0 Å². The average Bonchev–Trinajstić information content (AvgIpc) is 2.63. The van der Waals surface area contributed by atoms with E-state index in [0.717, 1.165) is 16.3 Å². The molecule has 3 rings (SSSR count). The number of aromatic nitrogens is 2. The second-order valence-corrected chi connectivity index (χ2v) is 8.43. The molecule has 1 N–H and O–H groups in total. The van der Waals surface area contributed by atoms with Crippen LogP contribution in [0.5, 0.6) is 0 Å². The zero-order valence-electron chi connectivity index (χ0n) is 16.0. The smallest absolute Gasteiger partial charge is 0.255 e. The number of carbonyl (C=O) groups is 1. The molecule has 2 aromatic carbocycles. The molecule has 0 aliphatic rings. The van der Waals surface area contributed by atoms with Crippen molar-refractivity contribution in [2.24, 2.45) is 0 Å². The summed E-state index contributed by atoms with van der Waals surface area (Å²) in [5.41, 5.74) is 3.63. The standard InChI is InChI=1S/C22H23N3OS/c1-15-13-14-23-21(24-15)27-19-11-9-18(10-12-19)25-20(26)16-5-7-17(8-6-16)22(2,3)4/h5-14H,1-4H3,(H,25,26). The number of carbonyl (C=O) groups excluding carboxylic acids is 1. The van der Waals surface area contributed by atoms with Crippen molar-refractivity contribution in [3.63, 3.8) is 0 Å². The Bertz CT molecular complexity index is 929. The molecule has 3 aromatic rings. The number of anilines is 1. The first-order valence-corrected chi connectivity index (χ1v) is 9.62. The van der Waals surface area contributed by atoms with Gasteiger partial charge in [0.05, 0.1) is 0 Å². The first kappa shape index (κ1) is 19.1. The van der Waals surface area contributed by atoms with E-state index in [1.165, 1.54) is 17.3 Å². The van der Waals surface area contributed by atoms with E-state index in [1.807, 2.05) is 61.5 Å². The summed E-state index contributed by atoms with van der Waals surface area (Å²) in [7, 11) is 0. The first-order valence-electron chi connectivity index (χ1n) is 8.81. The zero-order valence-corrected chi connectivity index (χ0v) is 16.8. The van der Waals surface area contributed by atoms with Gasteiger partial charge in [0, 0.05) is 28.0 Å². The van der Waals surface area contributed by atoms with Gasteiger partial charge in [0.1, 0.15) is 0 Å². The van der Waals surface area contributed by atoms with Crippen molar-refractivity contribution in [3.05, 3.63) is 77.6 Å². The Morgan fingerprint density at radius 1 is 0.963 bits per heavy atom. The molecule has 27 heavy (non-hydrogen) atoms. The third-order valence-electron chi connectivity index (χ3n) is 4.11. The van der Waals surface area contributed by atoms with Crippen LogP contribution in [-0.2, 0) is 5.41 Å². The van der Waals surface area contributed by atoms with Gasteiger partial charge in [-0.25, -0.2) is 9.97 Å². The van der Waals surface area contributed by atoms with Crippen LogP contribution in [0.15, 0.2) is 70.8 Å². The van der Waals surface area contributed by atoms with Crippen LogP contribution >= 0.6 is 11.8 Å². The van der Waals surface area contributed by atoms with Crippen LogP contribution < -0.4 is 5.32 Å². The van der Waals surface area contributed by atoms with Crippen LogP contribution in [0.4, 0.5) is 5.69 Å². The fourth-order valence-corrected chi connectivity index (χ4v) is 3.30. The minimum atomic E-state index is -0.113. The van der Waals surface area contributed by atoms with E-state index in [4.69, 9.17) is 0 Å². The lowest BCUT2D eigenvalue weighted by molar-refractivity contribution is 0.102. The summed E-state index contributed by atoms with van der Waals surface area (Å²) in [5, 5.41) is 3.65. The highest BCUT2D eigenvalue weighted by atomic mass is 32.2. The van der Waals surface area contributed by atoms with E-state index in [1.54, 1.807) is 6.20 Å². The second-order valence-electron chi connectivity index (χ2n) is 7.39. The molecule has 0 aliphatic carbocycles. The monoisotopic (exact) mass is 377 g/mol. The van der Waals surface area contributed by atoms with E-state index < -0.39 is 0 Å². The maximum absolute atomic E-state index is 12.5. The van der Waals surface area contributed by atoms with Gasteiger partial charge < -0.3 is 5.32 Å². The van der Waals surface area contributed by atoms with Crippen molar-refractivity contribution in [1.82, 2.24) is 9.97 Å². The second kappa shape index (κ2) is 7.92. The van der Waals surface area contributed by atoms with Crippen molar-refractivity contribution in [1.29, 1.82) is 0 Å². The highest BCUT2D eigenvalue weighted by Crippen LogP contribution is 2.26. The molecule has 0 bridgehead atoms. The summed E-state index contributed by atoms with van der Waals surface area (Å²) in [5.74, 6) is -0.113. The van der Waals surface area contributed by atoms with Crippen molar-refractivity contribution >= 4 is 23.4 Å². The number of rotatable bonds is 4. The van der Waals surface area contributed by atoms with Crippen molar-refractivity contribution in [2.75, 3.05) is 5.32 Å². The van der Waals surface area contributed by atoms with Crippen molar-refractivity contribution in [3.8, 4) is 0 Å². The van der Waals surface area contributed by atoms with Crippen molar-refractivity contribution in [2.45, 2.75) is 43.2 Å². The largest absolute Gasteiger partial charge is 0.322 e. The molecule has 0 radical (unpaired) electrons. The fourth-order valence-electron chi connectivity index (χ4n) is 2.51. The molecule has 1 aromatic heterocycles. The van der Waals surface area contributed by atoms with Gasteiger partial charge in [0.2, 0.25) is 0 Å². The molecule has 0 aliphatic heterocycles. The van der Waals surface area contributed by atoms with E-state index in [-0.39, 0.29) is 11.3 Å². The van der Waals surface area contributed by atoms with E-state index in [2.05, 4.69) is 36.1 Å². The summed E-state index contributed by atoms with van der Waals surface area (Å²) in [6.45, 7) is 8.41. The lowest BCUT2D eigenvalue weighted by Gasteiger charge is -2.19. The summed E-state index contributed by atoms with van der Waals surface area (Å²) in [6.07, 6.45) is 1.75. The predicted octanol–water partition coefficient (Wildman–Crippen LogP) is 5.49. The fraction of sp³-hybridized carbons (Fsp3) is 0.227. The highest BCUT2D eigenvalue weighted by Gasteiger charge is 2.14. The Balaban J connectivity index is 1.64. The van der Waals surface area contributed by atoms with Gasteiger partial charge in [-0.05, 0) is 72.1 Å². The minimum Gasteiger partial charge on any atom is -0.322 e. The molecule has 1 heterocycles. The molecule has 0 saturated carbocycles. The van der Waals surface area contributed by atoms with E-state index >= 15 is 0 Å². The SMILES string of the molecule is Cc1ccnc(Sc2ccc(NC(=O)c3ccc(C(C)(C)C)cc3)cc2)n1.